The maximum absolute atomic E-state index is 12.5. The summed E-state index contributed by atoms with van der Waals surface area (Å²) < 4.78 is 27.1. The second kappa shape index (κ2) is 10.4. The lowest BCUT2D eigenvalue weighted by atomic mass is 9.71. The smallest absolute Gasteiger partial charge is 0.240 e. The summed E-state index contributed by atoms with van der Waals surface area (Å²) in [6.45, 7) is 2.97. The van der Waals surface area contributed by atoms with Gasteiger partial charge in [-0.1, -0.05) is 37.0 Å². The maximum Gasteiger partial charge on any atom is 0.240 e. The molecule has 1 saturated carbocycles. The molecule has 2 rings (SSSR count). The van der Waals surface area contributed by atoms with Crippen molar-refractivity contribution in [3.63, 3.8) is 0 Å². The number of carbonyl (C=O) groups excluding carboxylic acids is 1. The fourth-order valence-corrected chi connectivity index (χ4v) is 4.50. The van der Waals surface area contributed by atoms with Crippen LogP contribution in [0.15, 0.2) is 29.2 Å². The normalized spacial score (nSPS) is 16.4. The number of benzene rings is 1. The zero-order valence-electron chi connectivity index (χ0n) is 16.2. The molecule has 0 unspecified atom stereocenters. The van der Waals surface area contributed by atoms with Gasteiger partial charge in [-0.25, -0.2) is 13.1 Å². The largest absolute Gasteiger partial charge is 0.344 e. The molecule has 0 saturated heterocycles. The molecule has 0 bridgehead atoms. The van der Waals surface area contributed by atoms with Crippen LogP contribution in [0.2, 0.25) is 0 Å². The number of likely N-dealkylation sites (N-methyl/N-ethyl adjacent to an activating group) is 1. The highest BCUT2D eigenvalue weighted by molar-refractivity contribution is 7.89. The number of amides is 1. The van der Waals surface area contributed by atoms with Crippen LogP contribution in [0.3, 0.4) is 0 Å². The summed E-state index contributed by atoms with van der Waals surface area (Å²) in [6, 6.07) is 6.70. The number of carbonyl (C=O) groups is 1. The van der Waals surface area contributed by atoms with Crippen LogP contribution in [0.25, 0.3) is 0 Å². The Labute approximate surface area is 169 Å². The highest BCUT2D eigenvalue weighted by Gasteiger charge is 2.33. The van der Waals surface area contributed by atoms with Crippen LogP contribution in [0, 0.1) is 12.3 Å². The van der Waals surface area contributed by atoms with Crippen LogP contribution in [0.1, 0.15) is 44.1 Å². The molecule has 0 aromatic heterocycles. The highest BCUT2D eigenvalue weighted by atomic mass is 35.5. The third-order valence-electron chi connectivity index (χ3n) is 5.37. The van der Waals surface area contributed by atoms with Gasteiger partial charge in [-0.15, -0.1) is 12.4 Å². The van der Waals surface area contributed by atoms with Crippen molar-refractivity contribution in [2.24, 2.45) is 11.1 Å². The van der Waals surface area contributed by atoms with Gasteiger partial charge in [0, 0.05) is 26.6 Å². The van der Waals surface area contributed by atoms with E-state index in [1.165, 1.54) is 6.42 Å². The van der Waals surface area contributed by atoms with E-state index in [2.05, 4.69) is 4.72 Å². The third-order valence-corrected chi connectivity index (χ3v) is 6.85. The SMILES string of the molecule is Cc1ccc(S(=O)(=O)NCCN(C)C(=O)CC2(CN)CCCCC2)cc1.Cl. The van der Waals surface area contributed by atoms with Crippen LogP contribution >= 0.6 is 12.4 Å². The predicted molar refractivity (Wildman–Crippen MR) is 110 cm³/mol. The van der Waals surface area contributed by atoms with E-state index >= 15 is 0 Å². The van der Waals surface area contributed by atoms with E-state index in [0.29, 0.717) is 19.5 Å². The van der Waals surface area contributed by atoms with Gasteiger partial charge >= 0.3 is 0 Å². The number of sulfonamides is 1. The van der Waals surface area contributed by atoms with Gasteiger partial charge in [0.15, 0.2) is 0 Å². The van der Waals surface area contributed by atoms with E-state index in [0.717, 1.165) is 31.2 Å². The summed E-state index contributed by atoms with van der Waals surface area (Å²) in [5.41, 5.74) is 6.88. The Kier molecular flexibility index (Phi) is 9.21. The molecule has 0 heterocycles. The third kappa shape index (κ3) is 6.75. The summed E-state index contributed by atoms with van der Waals surface area (Å²) in [7, 11) is -1.83. The van der Waals surface area contributed by atoms with Gasteiger partial charge in [0.25, 0.3) is 0 Å². The second-order valence-electron chi connectivity index (χ2n) is 7.47. The number of rotatable bonds is 8. The molecule has 3 N–H and O–H groups in total. The van der Waals surface area contributed by atoms with Gasteiger partial charge in [-0.05, 0) is 43.9 Å². The monoisotopic (exact) mass is 417 g/mol. The number of nitrogens with one attached hydrogen (secondary N) is 1. The minimum atomic E-state index is -3.55. The molecule has 1 fully saturated rings. The van der Waals surface area contributed by atoms with Crippen molar-refractivity contribution in [1.82, 2.24) is 9.62 Å². The van der Waals surface area contributed by atoms with Gasteiger partial charge in [0.1, 0.15) is 0 Å². The summed E-state index contributed by atoms with van der Waals surface area (Å²) in [5.74, 6) is 0.0342. The Morgan fingerprint density at radius 3 is 2.33 bits per heavy atom. The lowest BCUT2D eigenvalue weighted by Crippen LogP contribution is -2.41. The number of aryl methyl sites for hydroxylation is 1. The quantitative estimate of drug-likeness (QED) is 0.679. The molecule has 1 aliphatic rings. The van der Waals surface area contributed by atoms with Gasteiger partial charge in [0.2, 0.25) is 15.9 Å². The van der Waals surface area contributed by atoms with Crippen LogP contribution < -0.4 is 10.5 Å². The molecular formula is C19H32ClN3O3S. The highest BCUT2D eigenvalue weighted by Crippen LogP contribution is 2.38. The van der Waals surface area contributed by atoms with Crippen LogP contribution in [-0.2, 0) is 14.8 Å². The second-order valence-corrected chi connectivity index (χ2v) is 9.23. The average Bonchev–Trinajstić information content (AvgIpc) is 2.62. The van der Waals surface area contributed by atoms with Gasteiger partial charge < -0.3 is 10.6 Å². The molecule has 8 heteroatoms. The Morgan fingerprint density at radius 1 is 1.19 bits per heavy atom. The van der Waals surface area contributed by atoms with Crippen LogP contribution in [-0.4, -0.2) is 45.9 Å². The van der Waals surface area contributed by atoms with E-state index in [4.69, 9.17) is 5.73 Å². The first kappa shape index (κ1) is 23.9. The summed E-state index contributed by atoms with van der Waals surface area (Å²) >= 11 is 0. The maximum atomic E-state index is 12.5. The fraction of sp³-hybridized carbons (Fsp3) is 0.632. The van der Waals surface area contributed by atoms with Crippen molar-refractivity contribution >= 4 is 28.3 Å². The van der Waals surface area contributed by atoms with E-state index in [1.807, 2.05) is 6.92 Å². The number of nitrogens with two attached hydrogens (primary N) is 1. The van der Waals surface area contributed by atoms with E-state index in [1.54, 1.807) is 36.2 Å². The first-order valence-electron chi connectivity index (χ1n) is 9.28. The Bertz CT molecular complexity index is 701. The molecule has 1 amide bonds. The molecule has 0 spiro atoms. The Hall–Kier alpha value is -1.15. The molecule has 6 nitrogen and oxygen atoms in total. The van der Waals surface area contributed by atoms with E-state index in [9.17, 15) is 13.2 Å². The molecule has 0 atom stereocenters. The topological polar surface area (TPSA) is 92.5 Å². The lowest BCUT2D eigenvalue weighted by molar-refractivity contribution is -0.132. The molecule has 27 heavy (non-hydrogen) atoms. The zero-order chi connectivity index (χ0) is 19.2. The summed E-state index contributed by atoms with van der Waals surface area (Å²) in [5, 5.41) is 0. The zero-order valence-corrected chi connectivity index (χ0v) is 17.9. The number of nitrogens with zero attached hydrogens (tertiary/aromatic N) is 1. The van der Waals surface area contributed by atoms with E-state index in [-0.39, 0.29) is 35.2 Å². The van der Waals surface area contributed by atoms with Crippen LogP contribution in [0.5, 0.6) is 0 Å². The molecule has 1 aromatic rings. The van der Waals surface area contributed by atoms with Crippen molar-refractivity contribution in [3.8, 4) is 0 Å². The first-order valence-corrected chi connectivity index (χ1v) is 10.8. The molecule has 0 radical (unpaired) electrons. The van der Waals surface area contributed by atoms with Gasteiger partial charge in [-0.2, -0.15) is 0 Å². The first-order chi connectivity index (χ1) is 12.3. The molecule has 1 aromatic carbocycles. The van der Waals surface area contributed by atoms with Crippen molar-refractivity contribution in [2.75, 3.05) is 26.7 Å². The Morgan fingerprint density at radius 2 is 1.78 bits per heavy atom. The summed E-state index contributed by atoms with van der Waals surface area (Å²) in [6.07, 6.45) is 5.93. The average molecular weight is 418 g/mol. The molecule has 1 aliphatic carbocycles. The van der Waals surface area contributed by atoms with Gasteiger partial charge in [0.05, 0.1) is 4.90 Å². The lowest BCUT2D eigenvalue weighted by Gasteiger charge is -2.36. The molecule has 0 aliphatic heterocycles. The number of hydrogen-bond acceptors (Lipinski definition) is 4. The van der Waals surface area contributed by atoms with Gasteiger partial charge in [-0.3, -0.25) is 4.79 Å². The summed E-state index contributed by atoms with van der Waals surface area (Å²) in [4.78, 5) is 14.4. The number of halogens is 1. The standard InChI is InChI=1S/C19H31N3O3S.ClH/c1-16-6-8-17(9-7-16)26(24,25)21-12-13-22(2)18(23)14-19(15-20)10-4-3-5-11-19;/h6-9,21H,3-5,10-15,20H2,1-2H3;1H. The Balaban J connectivity index is 0.00000364. The molecular weight excluding hydrogens is 386 g/mol. The van der Waals surface area contributed by atoms with Crippen LogP contribution in [0.4, 0.5) is 0 Å². The van der Waals surface area contributed by atoms with Crippen molar-refractivity contribution in [2.45, 2.75) is 50.3 Å². The molecule has 154 valence electrons. The minimum absolute atomic E-state index is 0. The predicted octanol–water partition coefficient (Wildman–Crippen LogP) is 2.45. The van der Waals surface area contributed by atoms with Crippen molar-refractivity contribution in [1.29, 1.82) is 0 Å². The van der Waals surface area contributed by atoms with Crippen molar-refractivity contribution in [3.05, 3.63) is 29.8 Å². The van der Waals surface area contributed by atoms with E-state index < -0.39 is 10.0 Å². The van der Waals surface area contributed by atoms with Crippen molar-refractivity contribution < 1.29 is 13.2 Å². The number of hydrogen-bond donors (Lipinski definition) is 2. The fourth-order valence-electron chi connectivity index (χ4n) is 3.48. The minimum Gasteiger partial charge on any atom is -0.344 e.